The van der Waals surface area contributed by atoms with Gasteiger partial charge in [-0.2, -0.15) is 0 Å². The Kier molecular flexibility index (Phi) is 8.19. The van der Waals surface area contributed by atoms with Gasteiger partial charge in [0.2, 0.25) is 0 Å². The summed E-state index contributed by atoms with van der Waals surface area (Å²) >= 11 is 12.7. The fourth-order valence-corrected chi connectivity index (χ4v) is 7.19. The van der Waals surface area contributed by atoms with Crippen LogP contribution in [0.2, 0.25) is 10.0 Å². The lowest BCUT2D eigenvalue weighted by Gasteiger charge is -2.48. The number of rotatable bonds is 5. The molecule has 1 aromatic heterocycles. The number of aryl methyl sites for hydroxylation is 3. The number of quaternary nitrogens is 1. The Morgan fingerprint density at radius 2 is 1.71 bits per heavy atom. The highest BCUT2D eigenvalue weighted by atomic mass is 35.5. The summed E-state index contributed by atoms with van der Waals surface area (Å²) in [6.45, 7) is 5.63. The standard InChI is InChI=1S/C31H34Cl2N4O4/c1-19-15-23(16-20(2)34-19)36-13-11-24(12-14-36)37(4,30(38)35(3)28-9-7-22(32)17-27(28)33)29-10-6-21-5-8-25(18-26(21)29)41-31(39)40/h5,7-9,15-18,24,29H,6,10-14H2,1-4H3/p+1. The number of fused-ring (bicyclic) bond motifs is 1. The van der Waals surface area contributed by atoms with E-state index < -0.39 is 6.16 Å². The fraction of sp³-hybridized carbons (Fsp3) is 0.387. The first-order valence-corrected chi connectivity index (χ1v) is 14.6. The van der Waals surface area contributed by atoms with Gasteiger partial charge in [-0.25, -0.2) is 14.1 Å². The summed E-state index contributed by atoms with van der Waals surface area (Å²) in [5, 5.41) is 10.1. The number of hydrogen-bond donors (Lipinski definition) is 1. The van der Waals surface area contributed by atoms with E-state index in [0.29, 0.717) is 15.7 Å². The molecule has 8 nitrogen and oxygen atoms in total. The molecule has 5 rings (SSSR count). The van der Waals surface area contributed by atoms with Crippen molar-refractivity contribution < 1.29 is 23.9 Å². The van der Waals surface area contributed by atoms with Gasteiger partial charge in [-0.3, -0.25) is 9.88 Å². The van der Waals surface area contributed by atoms with Crippen LogP contribution in [0.25, 0.3) is 0 Å². The number of pyridine rings is 1. The van der Waals surface area contributed by atoms with Crippen LogP contribution in [0.15, 0.2) is 48.5 Å². The smallest absolute Gasteiger partial charge is 0.449 e. The first-order valence-electron chi connectivity index (χ1n) is 13.8. The summed E-state index contributed by atoms with van der Waals surface area (Å²) in [6.07, 6.45) is 1.82. The largest absolute Gasteiger partial charge is 0.511 e. The summed E-state index contributed by atoms with van der Waals surface area (Å²) in [6, 6.07) is 14.5. The molecule has 1 saturated heterocycles. The number of piperidine rings is 1. The van der Waals surface area contributed by atoms with Gasteiger partial charge in [0, 0.05) is 67.1 Å². The minimum absolute atomic E-state index is 0.0244. The lowest BCUT2D eigenvalue weighted by molar-refractivity contribution is -0.887. The highest BCUT2D eigenvalue weighted by Gasteiger charge is 2.52. The fourth-order valence-electron chi connectivity index (χ4n) is 6.66. The maximum Gasteiger partial charge on any atom is 0.511 e. The van der Waals surface area contributed by atoms with E-state index in [2.05, 4.69) is 22.0 Å². The van der Waals surface area contributed by atoms with E-state index in [0.717, 1.165) is 67.0 Å². The summed E-state index contributed by atoms with van der Waals surface area (Å²) in [5.74, 6) is 0.259. The molecular weight excluding hydrogens is 563 g/mol. The van der Waals surface area contributed by atoms with Crippen LogP contribution in [0.5, 0.6) is 5.75 Å². The SMILES string of the molecule is Cc1cc(N2CCC([N+](C)(C(=O)N(C)c3ccc(Cl)cc3Cl)C3CCc4ccc(OC(=O)O)cc43)CC2)cc(C)n1. The number of carbonyl (C=O) groups is 2. The second kappa shape index (κ2) is 11.5. The van der Waals surface area contributed by atoms with Gasteiger partial charge in [0.15, 0.2) is 0 Å². The lowest BCUT2D eigenvalue weighted by Crippen LogP contribution is -2.64. The number of amides is 2. The Balaban J connectivity index is 1.51. The summed E-state index contributed by atoms with van der Waals surface area (Å²) in [5.41, 5.74) is 5.78. The van der Waals surface area contributed by atoms with Crippen LogP contribution < -0.4 is 14.5 Å². The summed E-state index contributed by atoms with van der Waals surface area (Å²) < 4.78 is 5.15. The van der Waals surface area contributed by atoms with Crippen molar-refractivity contribution in [3.05, 3.63) is 81.1 Å². The summed E-state index contributed by atoms with van der Waals surface area (Å²) in [4.78, 5) is 34.5. The lowest BCUT2D eigenvalue weighted by atomic mass is 9.95. The van der Waals surface area contributed by atoms with Gasteiger partial charge in [0.25, 0.3) is 0 Å². The Morgan fingerprint density at radius 1 is 1.02 bits per heavy atom. The Labute approximate surface area is 250 Å². The predicted molar refractivity (Wildman–Crippen MR) is 162 cm³/mol. The molecule has 0 radical (unpaired) electrons. The van der Waals surface area contributed by atoms with Crippen LogP contribution in [0.1, 0.15) is 47.8 Å². The maximum atomic E-state index is 14.7. The quantitative estimate of drug-likeness (QED) is 0.187. The molecule has 216 valence electrons. The first-order chi connectivity index (χ1) is 19.5. The number of anilines is 2. The minimum Gasteiger partial charge on any atom is -0.449 e. The first kappa shape index (κ1) is 29.2. The van der Waals surface area contributed by atoms with Gasteiger partial charge in [-0.1, -0.05) is 29.3 Å². The van der Waals surface area contributed by atoms with E-state index in [1.54, 1.807) is 42.3 Å². The highest BCUT2D eigenvalue weighted by molar-refractivity contribution is 6.36. The number of aromatic nitrogens is 1. The summed E-state index contributed by atoms with van der Waals surface area (Å²) in [7, 11) is 3.78. The zero-order valence-electron chi connectivity index (χ0n) is 23.7. The molecule has 2 atom stereocenters. The number of ether oxygens (including phenoxy) is 1. The topological polar surface area (TPSA) is 83.0 Å². The molecule has 2 aliphatic rings. The van der Waals surface area contributed by atoms with Crippen LogP contribution in [0.4, 0.5) is 21.0 Å². The number of carbonyl (C=O) groups excluding carboxylic acids is 1. The van der Waals surface area contributed by atoms with E-state index in [1.165, 1.54) is 0 Å². The van der Waals surface area contributed by atoms with Crippen LogP contribution in [0.3, 0.4) is 0 Å². The van der Waals surface area contributed by atoms with Gasteiger partial charge in [0.1, 0.15) is 17.8 Å². The van der Waals surface area contributed by atoms with Gasteiger partial charge < -0.3 is 14.7 Å². The monoisotopic (exact) mass is 597 g/mol. The third-order valence-electron chi connectivity index (χ3n) is 8.64. The molecule has 1 aliphatic carbocycles. The third-order valence-corrected chi connectivity index (χ3v) is 9.18. The molecule has 1 aliphatic heterocycles. The second-order valence-electron chi connectivity index (χ2n) is 11.2. The molecule has 0 spiro atoms. The number of benzene rings is 2. The van der Waals surface area contributed by atoms with Crippen LogP contribution in [-0.4, -0.2) is 60.0 Å². The van der Waals surface area contributed by atoms with Crippen molar-refractivity contribution in [3.63, 3.8) is 0 Å². The van der Waals surface area contributed by atoms with Crippen molar-refractivity contribution in [1.82, 2.24) is 4.98 Å². The van der Waals surface area contributed by atoms with Gasteiger partial charge in [-0.15, -0.1) is 0 Å². The zero-order chi connectivity index (χ0) is 29.5. The molecular formula is C31H35Cl2N4O4+. The Bertz CT molecular complexity index is 1470. The van der Waals surface area contributed by atoms with Crippen molar-refractivity contribution in [2.75, 3.05) is 37.0 Å². The average Bonchev–Trinajstić information content (AvgIpc) is 3.35. The molecule has 0 saturated carbocycles. The molecule has 2 heterocycles. The number of urea groups is 1. The number of halogens is 2. The van der Waals surface area contributed by atoms with Crippen molar-refractivity contribution in [2.24, 2.45) is 0 Å². The Morgan fingerprint density at radius 3 is 2.34 bits per heavy atom. The van der Waals surface area contributed by atoms with Gasteiger partial charge >= 0.3 is 12.2 Å². The van der Waals surface area contributed by atoms with Crippen LogP contribution >= 0.6 is 23.2 Å². The van der Waals surface area contributed by atoms with Gasteiger partial charge in [0.05, 0.1) is 17.8 Å². The van der Waals surface area contributed by atoms with Crippen molar-refractivity contribution in [3.8, 4) is 5.75 Å². The molecule has 10 heteroatoms. The number of carboxylic acid groups (broad SMARTS) is 1. The van der Waals surface area contributed by atoms with Crippen molar-refractivity contribution in [1.29, 1.82) is 0 Å². The predicted octanol–water partition coefficient (Wildman–Crippen LogP) is 7.42. The molecule has 2 unspecified atom stereocenters. The van der Waals surface area contributed by atoms with E-state index >= 15 is 0 Å². The minimum atomic E-state index is -1.36. The third kappa shape index (κ3) is 5.73. The number of hydrogen-bond acceptors (Lipinski definition) is 5. The number of nitrogens with zero attached hydrogens (tertiary/aromatic N) is 4. The molecule has 3 aromatic rings. The molecule has 2 aromatic carbocycles. The molecule has 41 heavy (non-hydrogen) atoms. The molecule has 1 fully saturated rings. The Hall–Kier alpha value is -3.33. The van der Waals surface area contributed by atoms with E-state index in [1.807, 2.05) is 27.0 Å². The second-order valence-corrected chi connectivity index (χ2v) is 12.0. The van der Waals surface area contributed by atoms with E-state index in [4.69, 9.17) is 27.9 Å². The van der Waals surface area contributed by atoms with Crippen molar-refractivity contribution >= 4 is 46.8 Å². The van der Waals surface area contributed by atoms with E-state index in [9.17, 15) is 14.7 Å². The van der Waals surface area contributed by atoms with Gasteiger partial charge in [-0.05, 0) is 68.3 Å². The highest BCUT2D eigenvalue weighted by Crippen LogP contribution is 2.46. The zero-order valence-corrected chi connectivity index (χ0v) is 25.2. The van der Waals surface area contributed by atoms with E-state index in [-0.39, 0.29) is 28.3 Å². The van der Waals surface area contributed by atoms with Crippen LogP contribution in [-0.2, 0) is 6.42 Å². The average molecular weight is 599 g/mol. The maximum absolute atomic E-state index is 14.7. The molecule has 1 N–H and O–H groups in total. The molecule has 2 amide bonds. The van der Waals surface area contributed by atoms with Crippen molar-refractivity contribution in [2.45, 2.75) is 51.6 Å². The van der Waals surface area contributed by atoms with Crippen LogP contribution in [0, 0.1) is 13.8 Å². The normalized spacial score (nSPS) is 18.5. The molecule has 0 bridgehead atoms.